The van der Waals surface area contributed by atoms with Gasteiger partial charge in [0.25, 0.3) is 0 Å². The molecular weight excluding hydrogens is 142 g/mol. The van der Waals surface area contributed by atoms with E-state index in [-0.39, 0.29) is 5.70 Å². The zero-order valence-electron chi connectivity index (χ0n) is 6.89. The fraction of sp³-hybridized carbons (Fsp3) is 0.625. The molecule has 0 aromatic carbocycles. The summed E-state index contributed by atoms with van der Waals surface area (Å²) < 4.78 is 4.49. The molecule has 0 aromatic heterocycles. The number of allylic oxidation sites excluding steroid dienone is 1. The van der Waals surface area contributed by atoms with E-state index in [0.29, 0.717) is 5.92 Å². The molecule has 62 valence electrons. The highest BCUT2D eigenvalue weighted by atomic mass is 16.5. The molecule has 0 heterocycles. The third-order valence-corrected chi connectivity index (χ3v) is 2.02. The maximum absolute atomic E-state index is 10.9. The Morgan fingerprint density at radius 1 is 1.55 bits per heavy atom. The molecule has 3 heteroatoms. The van der Waals surface area contributed by atoms with Gasteiger partial charge in [-0.15, -0.1) is 0 Å². The normalized spacial score (nSPS) is 19.1. The summed E-state index contributed by atoms with van der Waals surface area (Å²) in [5, 5.41) is 0. The summed E-state index contributed by atoms with van der Waals surface area (Å²) in [6.45, 7) is 1.89. The molecule has 1 aliphatic carbocycles. The molecule has 1 fully saturated rings. The smallest absolute Gasteiger partial charge is 0.353 e. The molecule has 1 saturated carbocycles. The van der Waals surface area contributed by atoms with Crippen molar-refractivity contribution in [1.82, 2.24) is 0 Å². The van der Waals surface area contributed by atoms with Crippen LogP contribution in [0.25, 0.3) is 0 Å². The number of methoxy groups -OCH3 is 1. The quantitative estimate of drug-likeness (QED) is 0.474. The molecule has 0 amide bonds. The van der Waals surface area contributed by atoms with Gasteiger partial charge in [0, 0.05) is 0 Å². The predicted octanol–water partition coefficient (Wildman–Crippen LogP) is 0.802. The van der Waals surface area contributed by atoms with Crippen molar-refractivity contribution in [2.75, 3.05) is 7.11 Å². The highest BCUT2D eigenvalue weighted by Crippen LogP contribution is 2.36. The Hall–Kier alpha value is -0.990. The largest absolute Gasteiger partial charge is 0.464 e. The third kappa shape index (κ3) is 1.73. The SMILES string of the molecule is COC(=O)/C(N)=C(/C)C1CC1. The molecule has 0 atom stereocenters. The first kappa shape index (κ1) is 8.11. The summed E-state index contributed by atoms with van der Waals surface area (Å²) in [4.78, 5) is 10.9. The van der Waals surface area contributed by atoms with E-state index in [2.05, 4.69) is 4.74 Å². The van der Waals surface area contributed by atoms with Crippen LogP contribution in [0.3, 0.4) is 0 Å². The van der Waals surface area contributed by atoms with E-state index in [0.717, 1.165) is 18.4 Å². The minimum Gasteiger partial charge on any atom is -0.464 e. The van der Waals surface area contributed by atoms with Gasteiger partial charge in [0.15, 0.2) is 0 Å². The molecule has 0 aromatic rings. The molecule has 0 unspecified atom stereocenters. The first-order chi connectivity index (χ1) is 5.16. The van der Waals surface area contributed by atoms with Crippen LogP contribution in [-0.4, -0.2) is 13.1 Å². The van der Waals surface area contributed by atoms with Crippen LogP contribution in [-0.2, 0) is 9.53 Å². The molecule has 0 spiro atoms. The second-order valence-corrected chi connectivity index (χ2v) is 2.86. The molecule has 1 aliphatic rings. The summed E-state index contributed by atoms with van der Waals surface area (Å²) in [7, 11) is 1.34. The van der Waals surface area contributed by atoms with Crippen molar-refractivity contribution < 1.29 is 9.53 Å². The number of hydrogen-bond donors (Lipinski definition) is 1. The lowest BCUT2D eigenvalue weighted by atomic mass is 10.1. The number of hydrogen-bond acceptors (Lipinski definition) is 3. The van der Waals surface area contributed by atoms with Gasteiger partial charge in [-0.1, -0.05) is 0 Å². The predicted molar refractivity (Wildman–Crippen MR) is 41.6 cm³/mol. The van der Waals surface area contributed by atoms with Crippen LogP contribution in [0.15, 0.2) is 11.3 Å². The van der Waals surface area contributed by atoms with Crippen molar-refractivity contribution in [1.29, 1.82) is 0 Å². The average molecular weight is 155 g/mol. The van der Waals surface area contributed by atoms with Gasteiger partial charge in [0.1, 0.15) is 5.70 Å². The Bertz CT molecular complexity index is 204. The zero-order valence-corrected chi connectivity index (χ0v) is 6.89. The minimum atomic E-state index is -0.408. The summed E-state index contributed by atoms with van der Waals surface area (Å²) in [6.07, 6.45) is 2.31. The molecular formula is C8H13NO2. The van der Waals surface area contributed by atoms with Gasteiger partial charge < -0.3 is 10.5 Å². The van der Waals surface area contributed by atoms with E-state index in [1.807, 2.05) is 6.92 Å². The van der Waals surface area contributed by atoms with E-state index < -0.39 is 5.97 Å². The monoisotopic (exact) mass is 155 g/mol. The van der Waals surface area contributed by atoms with Crippen molar-refractivity contribution in [2.45, 2.75) is 19.8 Å². The molecule has 2 N–H and O–H groups in total. The van der Waals surface area contributed by atoms with Crippen LogP contribution in [0.5, 0.6) is 0 Å². The number of rotatable bonds is 2. The Morgan fingerprint density at radius 3 is 2.45 bits per heavy atom. The van der Waals surface area contributed by atoms with Gasteiger partial charge >= 0.3 is 5.97 Å². The molecule has 0 bridgehead atoms. The van der Waals surface area contributed by atoms with Crippen molar-refractivity contribution in [3.8, 4) is 0 Å². The Kier molecular flexibility index (Phi) is 2.17. The molecule has 3 nitrogen and oxygen atoms in total. The lowest BCUT2D eigenvalue weighted by molar-refractivity contribution is -0.136. The van der Waals surface area contributed by atoms with Gasteiger partial charge in [-0.3, -0.25) is 0 Å². The second kappa shape index (κ2) is 2.95. The van der Waals surface area contributed by atoms with Crippen LogP contribution in [0.2, 0.25) is 0 Å². The lowest BCUT2D eigenvalue weighted by Gasteiger charge is -2.02. The van der Waals surface area contributed by atoms with Crippen LogP contribution in [0, 0.1) is 5.92 Å². The maximum Gasteiger partial charge on any atom is 0.353 e. The molecule has 1 rings (SSSR count). The van der Waals surface area contributed by atoms with E-state index in [1.54, 1.807) is 0 Å². The lowest BCUT2D eigenvalue weighted by Crippen LogP contribution is -2.15. The Labute approximate surface area is 66.2 Å². The van der Waals surface area contributed by atoms with Crippen molar-refractivity contribution in [3.63, 3.8) is 0 Å². The van der Waals surface area contributed by atoms with E-state index in [1.165, 1.54) is 7.11 Å². The topological polar surface area (TPSA) is 52.3 Å². The first-order valence-corrected chi connectivity index (χ1v) is 3.71. The third-order valence-electron chi connectivity index (χ3n) is 2.02. The number of carbonyl (C=O) groups excluding carboxylic acids is 1. The standard InChI is InChI=1S/C8H13NO2/c1-5(6-3-4-6)7(9)8(10)11-2/h6H,3-4,9H2,1-2H3/b7-5+. The average Bonchev–Trinajstić information content (AvgIpc) is 2.82. The number of nitrogens with two attached hydrogens (primary N) is 1. The van der Waals surface area contributed by atoms with Crippen LogP contribution >= 0.6 is 0 Å². The van der Waals surface area contributed by atoms with Crippen LogP contribution in [0.4, 0.5) is 0 Å². The molecule has 0 radical (unpaired) electrons. The Balaban J connectivity index is 2.67. The van der Waals surface area contributed by atoms with E-state index in [4.69, 9.17) is 5.73 Å². The highest BCUT2D eigenvalue weighted by molar-refractivity contribution is 5.88. The van der Waals surface area contributed by atoms with Crippen LogP contribution < -0.4 is 5.73 Å². The number of esters is 1. The molecule has 11 heavy (non-hydrogen) atoms. The van der Waals surface area contributed by atoms with Gasteiger partial charge in [0.2, 0.25) is 0 Å². The van der Waals surface area contributed by atoms with Gasteiger partial charge in [-0.05, 0) is 31.3 Å². The number of carbonyl (C=O) groups is 1. The molecule has 0 aliphatic heterocycles. The summed E-state index contributed by atoms with van der Waals surface area (Å²) in [6, 6.07) is 0. The maximum atomic E-state index is 10.9. The summed E-state index contributed by atoms with van der Waals surface area (Å²) in [5.74, 6) is 0.128. The minimum absolute atomic E-state index is 0.287. The van der Waals surface area contributed by atoms with Crippen LogP contribution in [0.1, 0.15) is 19.8 Å². The van der Waals surface area contributed by atoms with E-state index >= 15 is 0 Å². The highest BCUT2D eigenvalue weighted by Gasteiger charge is 2.26. The zero-order chi connectivity index (χ0) is 8.43. The van der Waals surface area contributed by atoms with Crippen molar-refractivity contribution in [3.05, 3.63) is 11.3 Å². The summed E-state index contributed by atoms with van der Waals surface area (Å²) >= 11 is 0. The van der Waals surface area contributed by atoms with Gasteiger partial charge in [-0.25, -0.2) is 4.79 Å². The van der Waals surface area contributed by atoms with E-state index in [9.17, 15) is 4.79 Å². The fourth-order valence-electron chi connectivity index (χ4n) is 1.01. The molecule has 0 saturated heterocycles. The van der Waals surface area contributed by atoms with Gasteiger partial charge in [0.05, 0.1) is 7.11 Å². The Morgan fingerprint density at radius 2 is 2.09 bits per heavy atom. The second-order valence-electron chi connectivity index (χ2n) is 2.86. The summed E-state index contributed by atoms with van der Waals surface area (Å²) in [5.41, 5.74) is 6.79. The van der Waals surface area contributed by atoms with Crippen molar-refractivity contribution in [2.24, 2.45) is 11.7 Å². The number of ether oxygens (including phenoxy) is 1. The first-order valence-electron chi connectivity index (χ1n) is 3.71. The van der Waals surface area contributed by atoms with Gasteiger partial charge in [-0.2, -0.15) is 0 Å². The fourth-order valence-corrected chi connectivity index (χ4v) is 1.01. The van der Waals surface area contributed by atoms with Crippen molar-refractivity contribution >= 4 is 5.97 Å².